The second-order valence-corrected chi connectivity index (χ2v) is 7.54. The molecule has 0 aliphatic carbocycles. The van der Waals surface area contributed by atoms with Crippen molar-refractivity contribution < 1.29 is 19.1 Å². The molecule has 9 nitrogen and oxygen atoms in total. The Hall–Kier alpha value is -3.46. The first-order valence-corrected chi connectivity index (χ1v) is 10.4. The number of benzene rings is 2. The first-order chi connectivity index (χ1) is 15.2. The minimum absolute atomic E-state index is 0.128. The maximum Gasteiger partial charge on any atom is 0.265 e. The summed E-state index contributed by atoms with van der Waals surface area (Å²) in [5, 5.41) is 8.28. The van der Waals surface area contributed by atoms with Gasteiger partial charge < -0.3 is 19.3 Å². The Bertz CT molecular complexity index is 1140. The third-order valence-corrected chi connectivity index (χ3v) is 5.68. The van der Waals surface area contributed by atoms with Crippen molar-refractivity contribution in [1.29, 1.82) is 0 Å². The monoisotopic (exact) mass is 421 g/mol. The van der Waals surface area contributed by atoms with E-state index in [4.69, 9.17) is 9.47 Å². The molecule has 1 fully saturated rings. The summed E-state index contributed by atoms with van der Waals surface area (Å²) in [6, 6.07) is 12.7. The van der Waals surface area contributed by atoms with Crippen LogP contribution < -0.4 is 9.64 Å². The number of ether oxygens (including phenoxy) is 2. The van der Waals surface area contributed by atoms with Gasteiger partial charge >= 0.3 is 0 Å². The number of rotatable bonds is 3. The van der Waals surface area contributed by atoms with Gasteiger partial charge in [-0.1, -0.05) is 17.3 Å². The Balaban J connectivity index is 1.46. The second-order valence-electron chi connectivity index (χ2n) is 7.54. The minimum Gasteiger partial charge on any atom is -0.476 e. The molecule has 0 N–H and O–H groups in total. The lowest BCUT2D eigenvalue weighted by atomic mass is 10.1. The number of amides is 2. The van der Waals surface area contributed by atoms with Gasteiger partial charge in [0.05, 0.1) is 31.0 Å². The number of carbonyl (C=O) groups excluding carboxylic acids is 2. The molecule has 2 aromatic carbocycles. The molecule has 2 amide bonds. The lowest BCUT2D eigenvalue weighted by molar-refractivity contribution is -0.142. The SMILES string of the molecule is CCn1nnc2cc(C(=O)N3C[C@H](C(=O)N4CCOCC4)Oc4ccccc43)ccc21. The zero-order valence-electron chi connectivity index (χ0n) is 17.2. The number of fused-ring (bicyclic) bond motifs is 2. The number of aromatic nitrogens is 3. The zero-order chi connectivity index (χ0) is 21.4. The van der Waals surface area contributed by atoms with Crippen LogP contribution in [0.1, 0.15) is 17.3 Å². The number of anilines is 1. The number of carbonyl (C=O) groups is 2. The molecule has 1 saturated heterocycles. The Morgan fingerprint density at radius 3 is 2.74 bits per heavy atom. The van der Waals surface area contributed by atoms with Crippen LogP contribution in [0.2, 0.25) is 0 Å². The summed E-state index contributed by atoms with van der Waals surface area (Å²) in [6.07, 6.45) is -0.762. The minimum atomic E-state index is -0.762. The molecule has 2 aliphatic heterocycles. The van der Waals surface area contributed by atoms with Crippen LogP contribution in [0.25, 0.3) is 11.0 Å². The quantitative estimate of drug-likeness (QED) is 0.640. The Kier molecular flexibility index (Phi) is 5.03. The number of morpholine rings is 1. The van der Waals surface area contributed by atoms with Crippen LogP contribution in [0, 0.1) is 0 Å². The van der Waals surface area contributed by atoms with Gasteiger partial charge in [0.1, 0.15) is 11.3 Å². The molecule has 0 saturated carbocycles. The summed E-state index contributed by atoms with van der Waals surface area (Å²) >= 11 is 0. The summed E-state index contributed by atoms with van der Waals surface area (Å²) in [4.78, 5) is 29.9. The molecule has 1 atom stereocenters. The van der Waals surface area contributed by atoms with Crippen LogP contribution >= 0.6 is 0 Å². The van der Waals surface area contributed by atoms with E-state index < -0.39 is 6.10 Å². The number of hydrogen-bond acceptors (Lipinski definition) is 6. The largest absolute Gasteiger partial charge is 0.476 e. The van der Waals surface area contributed by atoms with Gasteiger partial charge in [0.25, 0.3) is 11.8 Å². The fourth-order valence-corrected chi connectivity index (χ4v) is 4.04. The highest BCUT2D eigenvalue weighted by atomic mass is 16.5. The maximum atomic E-state index is 13.5. The summed E-state index contributed by atoms with van der Waals surface area (Å²) in [5.74, 6) is 0.187. The molecule has 1 aromatic heterocycles. The van der Waals surface area contributed by atoms with Crippen LogP contribution in [-0.2, 0) is 16.1 Å². The van der Waals surface area contributed by atoms with Crippen molar-refractivity contribution in [1.82, 2.24) is 19.9 Å². The van der Waals surface area contributed by atoms with Crippen molar-refractivity contribution >= 4 is 28.5 Å². The van der Waals surface area contributed by atoms with E-state index >= 15 is 0 Å². The number of para-hydroxylation sites is 2. The third kappa shape index (κ3) is 3.50. The molecule has 0 spiro atoms. The fourth-order valence-electron chi connectivity index (χ4n) is 4.04. The highest BCUT2D eigenvalue weighted by molar-refractivity contribution is 6.09. The summed E-state index contributed by atoms with van der Waals surface area (Å²) in [6.45, 7) is 4.91. The van der Waals surface area contributed by atoms with Crippen molar-refractivity contribution in [3.8, 4) is 5.75 Å². The molecule has 5 rings (SSSR count). The first-order valence-electron chi connectivity index (χ1n) is 10.4. The lowest BCUT2D eigenvalue weighted by Gasteiger charge is -2.37. The van der Waals surface area contributed by atoms with Crippen LogP contribution in [0.4, 0.5) is 5.69 Å². The highest BCUT2D eigenvalue weighted by Crippen LogP contribution is 2.34. The van der Waals surface area contributed by atoms with Gasteiger partial charge in [0.15, 0.2) is 6.10 Å². The van der Waals surface area contributed by atoms with E-state index in [1.807, 2.05) is 31.2 Å². The Morgan fingerprint density at radius 1 is 1.13 bits per heavy atom. The van der Waals surface area contributed by atoms with E-state index in [1.165, 1.54) is 0 Å². The normalized spacial score (nSPS) is 18.5. The van der Waals surface area contributed by atoms with Crippen molar-refractivity contribution in [3.63, 3.8) is 0 Å². The summed E-state index contributed by atoms with van der Waals surface area (Å²) in [7, 11) is 0. The van der Waals surface area contributed by atoms with Crippen LogP contribution in [0.5, 0.6) is 5.75 Å². The molecule has 2 aliphatic rings. The van der Waals surface area contributed by atoms with Gasteiger partial charge in [-0.15, -0.1) is 5.10 Å². The van der Waals surface area contributed by atoms with Gasteiger partial charge in [-0.2, -0.15) is 0 Å². The van der Waals surface area contributed by atoms with E-state index in [1.54, 1.807) is 32.7 Å². The molecular weight excluding hydrogens is 398 g/mol. The van der Waals surface area contributed by atoms with Crippen molar-refractivity contribution in [2.75, 3.05) is 37.7 Å². The van der Waals surface area contributed by atoms with Crippen LogP contribution in [0.3, 0.4) is 0 Å². The fraction of sp³-hybridized carbons (Fsp3) is 0.364. The van der Waals surface area contributed by atoms with Crippen LogP contribution in [0.15, 0.2) is 42.5 Å². The summed E-state index contributed by atoms with van der Waals surface area (Å²) < 4.78 is 13.1. The number of aryl methyl sites for hydroxylation is 1. The molecule has 9 heteroatoms. The topological polar surface area (TPSA) is 89.8 Å². The standard InChI is InChI=1S/C22H23N5O4/c1-2-27-17-8-7-15(13-16(17)23-24-27)21(28)26-14-20(22(29)25-9-11-30-12-10-25)31-19-6-4-3-5-18(19)26/h3-8,13,20H,2,9-12,14H2,1H3/t20-/m1/s1. The van der Waals surface area contributed by atoms with Crippen molar-refractivity contribution in [3.05, 3.63) is 48.0 Å². The van der Waals surface area contributed by atoms with E-state index in [-0.39, 0.29) is 18.4 Å². The van der Waals surface area contributed by atoms with E-state index in [9.17, 15) is 9.59 Å². The zero-order valence-corrected chi connectivity index (χ0v) is 17.2. The smallest absolute Gasteiger partial charge is 0.265 e. The predicted molar refractivity (Wildman–Crippen MR) is 113 cm³/mol. The average molecular weight is 421 g/mol. The lowest BCUT2D eigenvalue weighted by Crippen LogP contribution is -2.54. The Morgan fingerprint density at radius 2 is 1.94 bits per heavy atom. The third-order valence-electron chi connectivity index (χ3n) is 5.68. The molecule has 160 valence electrons. The van der Waals surface area contributed by atoms with Crippen LogP contribution in [-0.4, -0.2) is 70.7 Å². The van der Waals surface area contributed by atoms with Gasteiger partial charge in [-0.05, 0) is 37.3 Å². The molecule has 3 aromatic rings. The molecular formula is C22H23N5O4. The summed E-state index contributed by atoms with van der Waals surface area (Å²) in [5.41, 5.74) is 2.68. The highest BCUT2D eigenvalue weighted by Gasteiger charge is 2.36. The molecule has 31 heavy (non-hydrogen) atoms. The van der Waals surface area contributed by atoms with Gasteiger partial charge in [0, 0.05) is 25.2 Å². The second kappa shape index (κ2) is 7.99. The molecule has 3 heterocycles. The molecule has 0 bridgehead atoms. The van der Waals surface area contributed by atoms with Crippen molar-refractivity contribution in [2.45, 2.75) is 19.6 Å². The first kappa shape index (κ1) is 19.5. The van der Waals surface area contributed by atoms with Crippen molar-refractivity contribution in [2.24, 2.45) is 0 Å². The van der Waals surface area contributed by atoms with E-state index in [0.29, 0.717) is 55.4 Å². The number of hydrogen-bond donors (Lipinski definition) is 0. The van der Waals surface area contributed by atoms with E-state index in [2.05, 4.69) is 10.3 Å². The maximum absolute atomic E-state index is 13.5. The van der Waals surface area contributed by atoms with E-state index in [0.717, 1.165) is 5.52 Å². The van der Waals surface area contributed by atoms with Gasteiger partial charge in [0.2, 0.25) is 0 Å². The van der Waals surface area contributed by atoms with Gasteiger partial charge in [-0.3, -0.25) is 9.59 Å². The molecule has 0 unspecified atom stereocenters. The Labute approximate surface area is 179 Å². The average Bonchev–Trinajstić information content (AvgIpc) is 3.25. The molecule has 0 radical (unpaired) electrons. The van der Waals surface area contributed by atoms with Gasteiger partial charge in [-0.25, -0.2) is 4.68 Å². The predicted octanol–water partition coefficient (Wildman–Crippen LogP) is 1.72. The number of nitrogens with zero attached hydrogens (tertiary/aromatic N) is 5.